The van der Waals surface area contributed by atoms with E-state index in [1.807, 2.05) is 18.2 Å². The summed E-state index contributed by atoms with van der Waals surface area (Å²) in [5, 5.41) is 0. The van der Waals surface area contributed by atoms with E-state index in [2.05, 4.69) is 15.9 Å². The molecule has 0 aliphatic carbocycles. The van der Waals surface area contributed by atoms with E-state index in [-0.39, 0.29) is 22.5 Å². The number of hydrogen-bond donors (Lipinski definition) is 0. The van der Waals surface area contributed by atoms with Crippen molar-refractivity contribution in [2.45, 2.75) is 12.4 Å². The fraction of sp³-hybridized carbons (Fsp3) is 0.0909. The second-order valence-corrected chi connectivity index (χ2v) is 6.24. The van der Waals surface area contributed by atoms with Crippen molar-refractivity contribution in [1.82, 2.24) is 14.4 Å². The van der Waals surface area contributed by atoms with Gasteiger partial charge in [0.1, 0.15) is 5.69 Å². The third-order valence-electron chi connectivity index (χ3n) is 4.12. The SMILES string of the molecule is C#Cc1cn2cc(-c3ccc(C(F)(F)F)cc3)cc(C(F)(F)F)c2n1.c1ccncc1. The number of hydrogen-bond acceptors (Lipinski definition) is 2. The maximum atomic E-state index is 13.3. The fourth-order valence-corrected chi connectivity index (χ4v) is 2.70. The van der Waals surface area contributed by atoms with Gasteiger partial charge in [-0.05, 0) is 47.4 Å². The van der Waals surface area contributed by atoms with E-state index in [9.17, 15) is 26.3 Å². The molecule has 0 N–H and O–H groups in total. The number of imidazole rings is 1. The standard InChI is InChI=1S/C17H8F6N2.C5H5N/c1-2-13-9-25-8-11(7-14(15(25)24-13)17(21,22)23)10-3-5-12(6-4-10)16(18,19)20;1-2-4-6-5-3-1/h1,3-9H;1-5H. The lowest BCUT2D eigenvalue weighted by Crippen LogP contribution is -2.08. The predicted octanol–water partition coefficient (Wildman–Crippen LogP) is 6.10. The van der Waals surface area contributed by atoms with Gasteiger partial charge in [0.15, 0.2) is 5.65 Å². The largest absolute Gasteiger partial charge is 0.420 e. The first-order chi connectivity index (χ1) is 14.6. The summed E-state index contributed by atoms with van der Waals surface area (Å²) >= 11 is 0. The van der Waals surface area contributed by atoms with Crippen LogP contribution in [0.5, 0.6) is 0 Å². The quantitative estimate of drug-likeness (QED) is 0.268. The molecule has 0 unspecified atom stereocenters. The number of benzene rings is 1. The van der Waals surface area contributed by atoms with Gasteiger partial charge in [-0.3, -0.25) is 4.98 Å². The van der Waals surface area contributed by atoms with Crippen molar-refractivity contribution in [3.63, 3.8) is 0 Å². The van der Waals surface area contributed by atoms with E-state index in [1.54, 1.807) is 12.4 Å². The Kier molecular flexibility index (Phi) is 6.02. The van der Waals surface area contributed by atoms with Gasteiger partial charge in [-0.25, -0.2) is 4.98 Å². The number of fused-ring (bicyclic) bond motifs is 1. The van der Waals surface area contributed by atoms with Gasteiger partial charge in [0.05, 0.1) is 11.1 Å². The predicted molar refractivity (Wildman–Crippen MR) is 103 cm³/mol. The minimum absolute atomic E-state index is 0.0232. The third-order valence-corrected chi connectivity index (χ3v) is 4.12. The molecule has 3 nitrogen and oxygen atoms in total. The van der Waals surface area contributed by atoms with Gasteiger partial charge >= 0.3 is 12.4 Å². The molecule has 0 atom stereocenters. The van der Waals surface area contributed by atoms with E-state index in [4.69, 9.17) is 6.42 Å². The molecule has 0 radical (unpaired) electrons. The van der Waals surface area contributed by atoms with Gasteiger partial charge in [0.2, 0.25) is 0 Å². The third kappa shape index (κ3) is 5.22. The molecule has 0 aliphatic heterocycles. The molecule has 3 heterocycles. The fourth-order valence-electron chi connectivity index (χ4n) is 2.70. The Balaban J connectivity index is 0.000000391. The van der Waals surface area contributed by atoms with Gasteiger partial charge in [0, 0.05) is 24.8 Å². The maximum Gasteiger partial charge on any atom is 0.420 e. The molecule has 0 saturated heterocycles. The van der Waals surface area contributed by atoms with Crippen molar-refractivity contribution in [1.29, 1.82) is 0 Å². The maximum absolute atomic E-state index is 13.3. The molecule has 0 fully saturated rings. The van der Waals surface area contributed by atoms with E-state index >= 15 is 0 Å². The highest BCUT2D eigenvalue weighted by Gasteiger charge is 2.35. The second-order valence-electron chi connectivity index (χ2n) is 6.24. The Morgan fingerprint density at radius 3 is 1.90 bits per heavy atom. The molecule has 3 aromatic heterocycles. The number of halogens is 6. The van der Waals surface area contributed by atoms with Crippen molar-refractivity contribution in [2.75, 3.05) is 0 Å². The van der Waals surface area contributed by atoms with Crippen molar-refractivity contribution in [2.24, 2.45) is 0 Å². The first kappa shape index (κ1) is 21.9. The van der Waals surface area contributed by atoms with Gasteiger partial charge in [0.25, 0.3) is 0 Å². The molecule has 4 rings (SSSR count). The van der Waals surface area contributed by atoms with Crippen LogP contribution in [0.4, 0.5) is 26.3 Å². The average Bonchev–Trinajstić information content (AvgIpc) is 3.17. The summed E-state index contributed by atoms with van der Waals surface area (Å²) in [6.45, 7) is 0. The van der Waals surface area contributed by atoms with Crippen molar-refractivity contribution in [3.8, 4) is 23.5 Å². The van der Waals surface area contributed by atoms with E-state index in [0.717, 1.165) is 34.7 Å². The van der Waals surface area contributed by atoms with E-state index in [1.165, 1.54) is 12.4 Å². The molecule has 0 aliphatic rings. The molecule has 0 amide bonds. The number of rotatable bonds is 1. The highest BCUT2D eigenvalue weighted by molar-refractivity contribution is 5.68. The van der Waals surface area contributed by atoms with Crippen molar-refractivity contribution < 1.29 is 26.3 Å². The van der Waals surface area contributed by atoms with Crippen LogP contribution in [0.1, 0.15) is 16.8 Å². The van der Waals surface area contributed by atoms with Gasteiger partial charge in [-0.1, -0.05) is 18.2 Å². The Labute approximate surface area is 173 Å². The van der Waals surface area contributed by atoms with Crippen LogP contribution in [0.25, 0.3) is 16.8 Å². The number of nitrogens with zero attached hydrogens (tertiary/aromatic N) is 3. The molecule has 9 heteroatoms. The zero-order valence-electron chi connectivity index (χ0n) is 15.6. The summed E-state index contributed by atoms with van der Waals surface area (Å²) in [5.74, 6) is 2.15. The lowest BCUT2D eigenvalue weighted by molar-refractivity contribution is -0.138. The summed E-state index contributed by atoms with van der Waals surface area (Å²) in [5.41, 5.74) is -1.95. The Bertz CT molecular complexity index is 1170. The van der Waals surface area contributed by atoms with Crippen molar-refractivity contribution >= 4 is 5.65 Å². The van der Waals surface area contributed by atoms with Gasteiger partial charge < -0.3 is 4.40 Å². The second kappa shape index (κ2) is 8.52. The summed E-state index contributed by atoms with van der Waals surface area (Å²) in [6.07, 6.45) is 2.03. The average molecular weight is 433 g/mol. The van der Waals surface area contributed by atoms with Crippen LogP contribution >= 0.6 is 0 Å². The lowest BCUT2D eigenvalue weighted by Gasteiger charge is -2.12. The molecule has 4 aromatic rings. The van der Waals surface area contributed by atoms with E-state index < -0.39 is 23.5 Å². The monoisotopic (exact) mass is 433 g/mol. The summed E-state index contributed by atoms with van der Waals surface area (Å²) < 4.78 is 78.8. The minimum atomic E-state index is -4.69. The number of terminal acetylenes is 1. The number of pyridine rings is 2. The van der Waals surface area contributed by atoms with Gasteiger partial charge in [-0.15, -0.1) is 6.42 Å². The summed E-state index contributed by atoms with van der Waals surface area (Å²) in [7, 11) is 0. The first-order valence-electron chi connectivity index (χ1n) is 8.69. The van der Waals surface area contributed by atoms with Crippen LogP contribution < -0.4 is 0 Å². The summed E-state index contributed by atoms with van der Waals surface area (Å²) in [4.78, 5) is 7.52. The van der Waals surface area contributed by atoms with Crippen LogP contribution in [0.15, 0.2) is 73.3 Å². The molecular weight excluding hydrogens is 420 g/mol. The highest BCUT2D eigenvalue weighted by atomic mass is 19.4. The first-order valence-corrected chi connectivity index (χ1v) is 8.69. The molecule has 1 aromatic carbocycles. The smallest absolute Gasteiger partial charge is 0.305 e. The Morgan fingerprint density at radius 1 is 0.806 bits per heavy atom. The zero-order chi connectivity index (χ0) is 22.6. The number of aromatic nitrogens is 3. The van der Waals surface area contributed by atoms with Gasteiger partial charge in [-0.2, -0.15) is 26.3 Å². The molecule has 0 saturated carbocycles. The van der Waals surface area contributed by atoms with Crippen LogP contribution in [0.2, 0.25) is 0 Å². The minimum Gasteiger partial charge on any atom is -0.305 e. The highest BCUT2D eigenvalue weighted by Crippen LogP contribution is 2.36. The van der Waals surface area contributed by atoms with Crippen molar-refractivity contribution in [3.05, 3.63) is 90.1 Å². The van der Waals surface area contributed by atoms with Crippen LogP contribution in [0.3, 0.4) is 0 Å². The zero-order valence-corrected chi connectivity index (χ0v) is 15.6. The van der Waals surface area contributed by atoms with Crippen LogP contribution in [-0.4, -0.2) is 14.4 Å². The van der Waals surface area contributed by atoms with Crippen LogP contribution in [-0.2, 0) is 12.4 Å². The lowest BCUT2D eigenvalue weighted by atomic mass is 10.0. The van der Waals surface area contributed by atoms with E-state index in [0.29, 0.717) is 0 Å². The summed E-state index contributed by atoms with van der Waals surface area (Å²) in [6, 6.07) is 10.4. The molecule has 31 heavy (non-hydrogen) atoms. The molecular formula is C22H13F6N3. The number of alkyl halides is 6. The molecule has 158 valence electrons. The van der Waals surface area contributed by atoms with Crippen LogP contribution in [0, 0.1) is 12.3 Å². The Hall–Kier alpha value is -3.80. The topological polar surface area (TPSA) is 30.2 Å². The molecule has 0 spiro atoms. The Morgan fingerprint density at radius 2 is 1.45 bits per heavy atom. The molecule has 0 bridgehead atoms. The normalized spacial score (nSPS) is 11.5.